The zero-order valence-electron chi connectivity index (χ0n) is 19.4. The van der Waals surface area contributed by atoms with E-state index >= 15 is 0 Å². The molecule has 2 N–H and O–H groups in total. The fraction of sp³-hybridized carbons (Fsp3) is 0.320. The van der Waals surface area contributed by atoms with Gasteiger partial charge in [-0.05, 0) is 63.1 Å². The van der Waals surface area contributed by atoms with Crippen LogP contribution in [0, 0.1) is 13.8 Å². The number of nitrogens with one attached hydrogen (secondary N) is 2. The maximum atomic E-state index is 13.1. The van der Waals surface area contributed by atoms with Crippen molar-refractivity contribution in [2.75, 3.05) is 35.3 Å². The summed E-state index contributed by atoms with van der Waals surface area (Å²) >= 11 is 0. The summed E-state index contributed by atoms with van der Waals surface area (Å²) in [7, 11) is 0. The van der Waals surface area contributed by atoms with Gasteiger partial charge in [0.25, 0.3) is 5.91 Å². The van der Waals surface area contributed by atoms with Gasteiger partial charge in [0.05, 0.1) is 36.7 Å². The van der Waals surface area contributed by atoms with E-state index in [2.05, 4.69) is 10.6 Å². The summed E-state index contributed by atoms with van der Waals surface area (Å²) in [5.74, 6) is -0.659. The highest BCUT2D eigenvalue weighted by Crippen LogP contribution is 2.34. The van der Waals surface area contributed by atoms with Gasteiger partial charge in [0, 0.05) is 11.8 Å². The zero-order valence-corrected chi connectivity index (χ0v) is 19.4. The van der Waals surface area contributed by atoms with Crippen LogP contribution in [-0.4, -0.2) is 37.5 Å². The number of hydrogen-bond donors (Lipinski definition) is 2. The van der Waals surface area contributed by atoms with Gasteiger partial charge in [-0.3, -0.25) is 19.3 Å². The molecule has 0 atom stereocenters. The molecule has 0 aliphatic carbocycles. The second-order valence-electron chi connectivity index (χ2n) is 7.63. The number of ether oxygens (including phenoxy) is 2. The summed E-state index contributed by atoms with van der Waals surface area (Å²) in [6.45, 7) is 7.99. The molecule has 0 fully saturated rings. The smallest absolute Gasteiger partial charge is 0.311 e. The summed E-state index contributed by atoms with van der Waals surface area (Å²) in [5.41, 5.74) is 4.13. The maximum Gasteiger partial charge on any atom is 0.311 e. The van der Waals surface area contributed by atoms with Crippen molar-refractivity contribution in [3.05, 3.63) is 59.3 Å². The van der Waals surface area contributed by atoms with Crippen LogP contribution in [0.3, 0.4) is 0 Å². The van der Waals surface area contributed by atoms with Gasteiger partial charge in [-0.1, -0.05) is 12.1 Å². The monoisotopic (exact) mass is 451 g/mol. The molecule has 0 unspecified atom stereocenters. The molecule has 0 radical (unpaired) electrons. The Labute approximate surface area is 193 Å². The fourth-order valence-corrected chi connectivity index (χ4v) is 3.49. The molecule has 8 nitrogen and oxygen atoms in total. The number of carbonyl (C=O) groups is 3. The number of benzene rings is 2. The van der Waals surface area contributed by atoms with Gasteiger partial charge in [0.1, 0.15) is 12.3 Å². The number of para-hydroxylation sites is 2. The van der Waals surface area contributed by atoms with E-state index in [0.717, 1.165) is 11.1 Å². The highest BCUT2D eigenvalue weighted by molar-refractivity contribution is 6.10. The lowest BCUT2D eigenvalue weighted by molar-refractivity contribution is -0.142. The number of anilines is 3. The van der Waals surface area contributed by atoms with Crippen molar-refractivity contribution < 1.29 is 23.9 Å². The molecule has 1 heterocycles. The molecule has 0 bridgehead atoms. The summed E-state index contributed by atoms with van der Waals surface area (Å²) < 4.78 is 10.6. The third kappa shape index (κ3) is 5.91. The lowest BCUT2D eigenvalue weighted by Gasteiger charge is -2.23. The number of hydrogen-bond acceptors (Lipinski definition) is 6. The number of fused-ring (bicyclic) bond motifs is 1. The van der Waals surface area contributed by atoms with Gasteiger partial charge in [0.2, 0.25) is 5.91 Å². The standard InChI is InChI=1S/C25H29N3O5/c1-5-32-22-10-8-7-9-19(22)27-23(29)15-28-21-12-17(4)16(3)11-20(21)26-18(13-24(28)30)14-25(31)33-6-2/h7-13,26H,5-6,14-15H2,1-4H3,(H,27,29). The topological polar surface area (TPSA) is 97.0 Å². The normalized spacial score (nSPS) is 12.8. The molecule has 0 saturated heterocycles. The Morgan fingerprint density at radius 2 is 1.79 bits per heavy atom. The molecule has 2 aromatic carbocycles. The molecular weight excluding hydrogens is 422 g/mol. The number of carbonyl (C=O) groups excluding carboxylic acids is 3. The first kappa shape index (κ1) is 23.8. The summed E-state index contributed by atoms with van der Waals surface area (Å²) in [4.78, 5) is 39.5. The van der Waals surface area contributed by atoms with Gasteiger partial charge in [-0.2, -0.15) is 0 Å². The molecule has 8 heteroatoms. The average molecular weight is 452 g/mol. The van der Waals surface area contributed by atoms with E-state index in [4.69, 9.17) is 9.47 Å². The molecule has 3 rings (SSSR count). The minimum Gasteiger partial charge on any atom is -0.492 e. The second-order valence-corrected chi connectivity index (χ2v) is 7.63. The van der Waals surface area contributed by atoms with E-state index in [9.17, 15) is 14.4 Å². The van der Waals surface area contributed by atoms with Crippen molar-refractivity contribution in [3.63, 3.8) is 0 Å². The Hall–Kier alpha value is -3.81. The number of aryl methyl sites for hydroxylation is 2. The SMILES string of the molecule is CCOC(=O)CC1=CC(=O)N(CC(=O)Nc2ccccc2OCC)c2cc(C)c(C)cc2N1. The van der Waals surface area contributed by atoms with Crippen LogP contribution in [0.2, 0.25) is 0 Å². The molecule has 1 aliphatic heterocycles. The Morgan fingerprint density at radius 1 is 1.06 bits per heavy atom. The molecule has 0 aromatic heterocycles. The molecule has 0 saturated carbocycles. The Bertz CT molecular complexity index is 1090. The number of esters is 1. The largest absolute Gasteiger partial charge is 0.492 e. The van der Waals surface area contributed by atoms with Gasteiger partial charge < -0.3 is 20.1 Å². The Kier molecular flexibility index (Phi) is 7.71. The van der Waals surface area contributed by atoms with Crippen molar-refractivity contribution in [2.24, 2.45) is 0 Å². The minimum absolute atomic E-state index is 0.0757. The van der Waals surface area contributed by atoms with Crippen LogP contribution in [0.25, 0.3) is 0 Å². The lowest BCUT2D eigenvalue weighted by Crippen LogP contribution is -2.37. The van der Waals surface area contributed by atoms with Crippen molar-refractivity contribution in [1.82, 2.24) is 0 Å². The van der Waals surface area contributed by atoms with Gasteiger partial charge in [-0.25, -0.2) is 0 Å². The van der Waals surface area contributed by atoms with E-state index in [-0.39, 0.29) is 25.5 Å². The van der Waals surface area contributed by atoms with E-state index in [0.29, 0.717) is 35.1 Å². The third-order valence-electron chi connectivity index (χ3n) is 5.16. The third-order valence-corrected chi connectivity index (χ3v) is 5.16. The molecule has 0 spiro atoms. The Balaban J connectivity index is 1.89. The van der Waals surface area contributed by atoms with Crippen molar-refractivity contribution >= 4 is 34.8 Å². The van der Waals surface area contributed by atoms with Crippen LogP contribution in [-0.2, 0) is 19.1 Å². The number of nitrogens with zero attached hydrogens (tertiary/aromatic N) is 1. The first-order valence-electron chi connectivity index (χ1n) is 10.9. The Morgan fingerprint density at radius 3 is 2.52 bits per heavy atom. The van der Waals surface area contributed by atoms with E-state index < -0.39 is 11.9 Å². The second kappa shape index (κ2) is 10.7. The first-order valence-corrected chi connectivity index (χ1v) is 10.9. The van der Waals surface area contributed by atoms with Crippen LogP contribution in [0.15, 0.2) is 48.2 Å². The lowest BCUT2D eigenvalue weighted by atomic mass is 10.1. The number of rotatable bonds is 8. The van der Waals surface area contributed by atoms with Crippen molar-refractivity contribution in [2.45, 2.75) is 34.1 Å². The molecule has 33 heavy (non-hydrogen) atoms. The highest BCUT2D eigenvalue weighted by Gasteiger charge is 2.26. The predicted molar refractivity (Wildman–Crippen MR) is 127 cm³/mol. The highest BCUT2D eigenvalue weighted by atomic mass is 16.5. The minimum atomic E-state index is -0.437. The zero-order chi connectivity index (χ0) is 24.0. The summed E-state index contributed by atoms with van der Waals surface area (Å²) in [6, 6.07) is 10.9. The van der Waals surface area contributed by atoms with Gasteiger partial charge in [0.15, 0.2) is 0 Å². The van der Waals surface area contributed by atoms with Crippen LogP contribution >= 0.6 is 0 Å². The van der Waals surface area contributed by atoms with E-state index in [1.54, 1.807) is 25.1 Å². The van der Waals surface area contributed by atoms with E-state index in [1.807, 2.05) is 39.0 Å². The molecule has 2 amide bonds. The van der Waals surface area contributed by atoms with E-state index in [1.165, 1.54) is 11.0 Å². The molecular formula is C25H29N3O5. The average Bonchev–Trinajstić information content (AvgIpc) is 2.87. The van der Waals surface area contributed by atoms with Gasteiger partial charge in [-0.15, -0.1) is 0 Å². The maximum absolute atomic E-state index is 13.1. The molecule has 174 valence electrons. The van der Waals surface area contributed by atoms with Crippen LogP contribution in [0.1, 0.15) is 31.4 Å². The fourth-order valence-electron chi connectivity index (χ4n) is 3.49. The predicted octanol–water partition coefficient (Wildman–Crippen LogP) is 3.94. The number of amides is 2. The van der Waals surface area contributed by atoms with Crippen molar-refractivity contribution in [1.29, 1.82) is 0 Å². The first-order chi connectivity index (χ1) is 15.8. The summed E-state index contributed by atoms with van der Waals surface area (Å²) in [6.07, 6.45) is 1.26. The summed E-state index contributed by atoms with van der Waals surface area (Å²) in [5, 5.41) is 6.00. The quantitative estimate of drug-likeness (QED) is 0.590. The molecule has 2 aromatic rings. The van der Waals surface area contributed by atoms with Crippen LogP contribution < -0.4 is 20.3 Å². The van der Waals surface area contributed by atoms with Crippen LogP contribution in [0.5, 0.6) is 5.75 Å². The van der Waals surface area contributed by atoms with Crippen molar-refractivity contribution in [3.8, 4) is 5.75 Å². The van der Waals surface area contributed by atoms with Crippen LogP contribution in [0.4, 0.5) is 17.1 Å². The molecule has 1 aliphatic rings. The van der Waals surface area contributed by atoms with Gasteiger partial charge >= 0.3 is 5.97 Å².